The number of hydrogen-bond acceptors (Lipinski definition) is 2. The first-order chi connectivity index (χ1) is 6.75. The Morgan fingerprint density at radius 3 is 2.33 bits per heavy atom. The summed E-state index contributed by atoms with van der Waals surface area (Å²) in [6, 6.07) is 1.63. The van der Waals surface area contributed by atoms with Crippen LogP contribution < -0.4 is 5.73 Å². The first kappa shape index (κ1) is 11.8. The third-order valence-corrected chi connectivity index (χ3v) is 1.98. The number of carbonyl (C=O) groups is 1. The lowest BCUT2D eigenvalue weighted by molar-refractivity contribution is -0.0884. The molecule has 2 nitrogen and oxygen atoms in total. The number of alkyl halides is 3. The SMILES string of the molecule is Nc1ccc(F)c(Cl)c1C(=O)C(F)(F)F. The number of ketones is 1. The molecule has 0 radical (unpaired) electrons. The summed E-state index contributed by atoms with van der Waals surface area (Å²) in [5.41, 5.74) is 3.55. The van der Waals surface area contributed by atoms with Gasteiger partial charge < -0.3 is 5.73 Å². The van der Waals surface area contributed by atoms with E-state index in [9.17, 15) is 22.4 Å². The highest BCUT2D eigenvalue weighted by Crippen LogP contribution is 2.31. The average molecular weight is 242 g/mol. The number of nitrogen functional groups attached to an aromatic ring is 1. The molecule has 0 amide bonds. The monoisotopic (exact) mass is 241 g/mol. The highest BCUT2D eigenvalue weighted by molar-refractivity contribution is 6.35. The fourth-order valence-electron chi connectivity index (χ4n) is 0.938. The van der Waals surface area contributed by atoms with E-state index in [-0.39, 0.29) is 0 Å². The molecule has 15 heavy (non-hydrogen) atoms. The minimum absolute atomic E-state index is 0.510. The van der Waals surface area contributed by atoms with Gasteiger partial charge in [-0.3, -0.25) is 4.79 Å². The zero-order chi connectivity index (χ0) is 11.8. The number of anilines is 1. The molecule has 82 valence electrons. The van der Waals surface area contributed by atoms with Gasteiger partial charge in [-0.25, -0.2) is 4.39 Å². The molecular weight excluding hydrogens is 238 g/mol. The summed E-state index contributed by atoms with van der Waals surface area (Å²) in [5.74, 6) is -3.39. The van der Waals surface area contributed by atoms with E-state index in [2.05, 4.69) is 0 Å². The summed E-state index contributed by atoms with van der Waals surface area (Å²) in [7, 11) is 0. The van der Waals surface area contributed by atoms with Gasteiger partial charge in [0.25, 0.3) is 5.78 Å². The third kappa shape index (κ3) is 2.20. The normalized spacial score (nSPS) is 11.5. The summed E-state index contributed by atoms with van der Waals surface area (Å²) >= 11 is 5.22. The lowest BCUT2D eigenvalue weighted by Gasteiger charge is -2.09. The van der Waals surface area contributed by atoms with Crippen molar-refractivity contribution in [2.45, 2.75) is 6.18 Å². The van der Waals surface area contributed by atoms with Crippen LogP contribution in [0.2, 0.25) is 5.02 Å². The van der Waals surface area contributed by atoms with Gasteiger partial charge in [-0.1, -0.05) is 11.6 Å². The van der Waals surface area contributed by atoms with Crippen LogP contribution in [-0.2, 0) is 0 Å². The molecule has 0 heterocycles. The van der Waals surface area contributed by atoms with E-state index in [1.807, 2.05) is 0 Å². The molecule has 1 aromatic rings. The predicted molar refractivity (Wildman–Crippen MR) is 46.2 cm³/mol. The molecule has 1 rings (SSSR count). The van der Waals surface area contributed by atoms with Crippen LogP contribution in [0.25, 0.3) is 0 Å². The van der Waals surface area contributed by atoms with Gasteiger partial charge in [-0.05, 0) is 12.1 Å². The van der Waals surface area contributed by atoms with Crippen molar-refractivity contribution in [2.24, 2.45) is 0 Å². The molecule has 0 aromatic heterocycles. The zero-order valence-electron chi connectivity index (χ0n) is 7.03. The van der Waals surface area contributed by atoms with Gasteiger partial charge in [0.05, 0.1) is 10.6 Å². The van der Waals surface area contributed by atoms with Crippen molar-refractivity contribution < 1.29 is 22.4 Å². The lowest BCUT2D eigenvalue weighted by Crippen LogP contribution is -2.24. The molecule has 0 atom stereocenters. The van der Waals surface area contributed by atoms with Crippen molar-refractivity contribution in [3.8, 4) is 0 Å². The second-order valence-corrected chi connectivity index (χ2v) is 3.03. The number of halogens is 5. The fraction of sp³-hybridized carbons (Fsp3) is 0.125. The summed E-state index contributed by atoms with van der Waals surface area (Å²) in [6.45, 7) is 0. The van der Waals surface area contributed by atoms with Crippen molar-refractivity contribution in [2.75, 3.05) is 5.73 Å². The van der Waals surface area contributed by atoms with Crippen molar-refractivity contribution in [3.63, 3.8) is 0 Å². The number of rotatable bonds is 1. The van der Waals surface area contributed by atoms with Crippen molar-refractivity contribution in [1.82, 2.24) is 0 Å². The van der Waals surface area contributed by atoms with Crippen LogP contribution >= 0.6 is 11.6 Å². The van der Waals surface area contributed by atoms with Gasteiger partial charge in [0.2, 0.25) is 0 Å². The van der Waals surface area contributed by atoms with Gasteiger partial charge in [-0.2, -0.15) is 13.2 Å². The standard InChI is InChI=1S/C8H4ClF4NO/c9-6-3(10)1-2-4(14)5(6)7(15)8(11,12)13/h1-2H,14H2. The molecule has 0 aliphatic carbocycles. The smallest absolute Gasteiger partial charge is 0.398 e. The van der Waals surface area contributed by atoms with E-state index >= 15 is 0 Å². The molecule has 0 aliphatic rings. The first-order valence-corrected chi connectivity index (χ1v) is 3.98. The molecule has 0 spiro atoms. The van der Waals surface area contributed by atoms with Crippen LogP contribution in [-0.4, -0.2) is 12.0 Å². The Kier molecular flexibility index (Phi) is 2.90. The van der Waals surface area contributed by atoms with Gasteiger partial charge in [0.1, 0.15) is 5.82 Å². The molecule has 1 aromatic carbocycles. The quantitative estimate of drug-likeness (QED) is 0.467. The number of hydrogen-bond donors (Lipinski definition) is 1. The Bertz CT molecular complexity index is 416. The molecule has 0 fully saturated rings. The van der Waals surface area contributed by atoms with Crippen LogP contribution in [0.15, 0.2) is 12.1 Å². The fourth-order valence-corrected chi connectivity index (χ4v) is 1.20. The molecule has 7 heteroatoms. The van der Waals surface area contributed by atoms with E-state index in [0.717, 1.165) is 12.1 Å². The van der Waals surface area contributed by atoms with Crippen molar-refractivity contribution >= 4 is 23.1 Å². The van der Waals surface area contributed by atoms with E-state index in [1.54, 1.807) is 0 Å². The second-order valence-electron chi connectivity index (χ2n) is 2.65. The Hall–Kier alpha value is -1.30. The van der Waals surface area contributed by atoms with E-state index < -0.39 is 34.1 Å². The second kappa shape index (κ2) is 3.69. The van der Waals surface area contributed by atoms with Gasteiger partial charge in [0.15, 0.2) is 0 Å². The highest BCUT2D eigenvalue weighted by Gasteiger charge is 2.41. The molecule has 0 aliphatic heterocycles. The van der Waals surface area contributed by atoms with Crippen LogP contribution in [0.3, 0.4) is 0 Å². The number of nitrogens with two attached hydrogens (primary N) is 1. The van der Waals surface area contributed by atoms with E-state index in [1.165, 1.54) is 0 Å². The van der Waals surface area contributed by atoms with Gasteiger partial charge >= 0.3 is 6.18 Å². The average Bonchev–Trinajstić information content (AvgIpc) is 2.10. The maximum absolute atomic E-state index is 12.8. The maximum atomic E-state index is 12.8. The summed E-state index contributed by atoms with van der Waals surface area (Å²) in [4.78, 5) is 10.8. The minimum atomic E-state index is -5.13. The Balaban J connectivity index is 3.38. The van der Waals surface area contributed by atoms with Crippen LogP contribution in [0.4, 0.5) is 23.2 Å². The minimum Gasteiger partial charge on any atom is -0.398 e. The first-order valence-electron chi connectivity index (χ1n) is 3.60. The largest absolute Gasteiger partial charge is 0.455 e. The zero-order valence-corrected chi connectivity index (χ0v) is 7.79. The third-order valence-electron chi connectivity index (χ3n) is 1.61. The number of Topliss-reactive ketones (excluding diaryl/α,β-unsaturated/α-hetero) is 1. The topological polar surface area (TPSA) is 43.1 Å². The van der Waals surface area contributed by atoms with Gasteiger partial charge in [0, 0.05) is 5.69 Å². The van der Waals surface area contributed by atoms with Crippen molar-refractivity contribution in [1.29, 1.82) is 0 Å². The Morgan fingerprint density at radius 2 is 1.87 bits per heavy atom. The highest BCUT2D eigenvalue weighted by atomic mass is 35.5. The Labute approximate surface area is 86.6 Å². The van der Waals surface area contributed by atoms with Crippen LogP contribution in [0.1, 0.15) is 10.4 Å². The number of carbonyl (C=O) groups excluding carboxylic acids is 1. The van der Waals surface area contributed by atoms with Crippen LogP contribution in [0.5, 0.6) is 0 Å². The molecule has 0 saturated carbocycles. The predicted octanol–water partition coefficient (Wildman–Crippen LogP) is 2.81. The number of benzene rings is 1. The summed E-state index contributed by atoms with van der Waals surface area (Å²) < 4.78 is 48.9. The van der Waals surface area contributed by atoms with E-state index in [4.69, 9.17) is 17.3 Å². The summed E-state index contributed by atoms with van der Waals surface area (Å²) in [5, 5.41) is -0.919. The van der Waals surface area contributed by atoms with Gasteiger partial charge in [-0.15, -0.1) is 0 Å². The summed E-state index contributed by atoms with van der Waals surface area (Å²) in [6.07, 6.45) is -5.13. The van der Waals surface area contributed by atoms with Crippen LogP contribution in [0, 0.1) is 5.82 Å². The maximum Gasteiger partial charge on any atom is 0.455 e. The molecule has 2 N–H and O–H groups in total. The molecular formula is C8H4ClF4NO. The molecule has 0 bridgehead atoms. The molecule has 0 saturated heterocycles. The molecule has 0 unspecified atom stereocenters. The van der Waals surface area contributed by atoms with E-state index in [0.29, 0.717) is 0 Å². The lowest BCUT2D eigenvalue weighted by atomic mass is 10.1. The van der Waals surface area contributed by atoms with Crippen molar-refractivity contribution in [3.05, 3.63) is 28.5 Å². The Morgan fingerprint density at radius 1 is 1.33 bits per heavy atom.